The van der Waals surface area contributed by atoms with E-state index in [0.29, 0.717) is 0 Å². The van der Waals surface area contributed by atoms with Gasteiger partial charge in [0.2, 0.25) is 0 Å². The molecule has 0 N–H and O–H groups in total. The molecule has 1 nitrogen and oxygen atoms in total. The van der Waals surface area contributed by atoms with Gasteiger partial charge in [-0.15, -0.1) is 0 Å². The fourth-order valence-corrected chi connectivity index (χ4v) is 2.15. The maximum absolute atomic E-state index is 6.12. The first-order chi connectivity index (χ1) is 8.81. The fraction of sp³-hybridized carbons (Fsp3) is 0.294. The van der Waals surface area contributed by atoms with Crippen LogP contribution in [0.4, 0.5) is 0 Å². The summed E-state index contributed by atoms with van der Waals surface area (Å²) in [6, 6.07) is 18.5. The third kappa shape index (κ3) is 3.13. The highest BCUT2D eigenvalue weighted by Gasteiger charge is 2.14. The summed E-state index contributed by atoms with van der Waals surface area (Å²) in [5.41, 5.74) is 2.59. The van der Waals surface area contributed by atoms with E-state index in [-0.39, 0.29) is 6.10 Å². The zero-order chi connectivity index (χ0) is 12.8. The van der Waals surface area contributed by atoms with Gasteiger partial charge in [-0.05, 0) is 36.6 Å². The molecule has 0 radical (unpaired) electrons. The van der Waals surface area contributed by atoms with Gasteiger partial charge in [0.25, 0.3) is 0 Å². The van der Waals surface area contributed by atoms with E-state index in [0.717, 1.165) is 18.6 Å². The third-order valence-corrected chi connectivity index (χ3v) is 3.11. The van der Waals surface area contributed by atoms with Crippen molar-refractivity contribution in [1.82, 2.24) is 0 Å². The summed E-state index contributed by atoms with van der Waals surface area (Å²) in [6.45, 7) is 4.34. The average molecular weight is 240 g/mol. The predicted molar refractivity (Wildman–Crippen MR) is 75.9 cm³/mol. The molecule has 1 unspecified atom stereocenters. The van der Waals surface area contributed by atoms with Crippen LogP contribution in [0.5, 0.6) is 5.75 Å². The Balaban J connectivity index is 2.21. The van der Waals surface area contributed by atoms with Crippen molar-refractivity contribution in [3.63, 3.8) is 0 Å². The van der Waals surface area contributed by atoms with Gasteiger partial charge in [0, 0.05) is 0 Å². The highest BCUT2D eigenvalue weighted by molar-refractivity contribution is 5.30. The molecule has 0 aromatic heterocycles. The van der Waals surface area contributed by atoms with E-state index >= 15 is 0 Å². The van der Waals surface area contributed by atoms with Gasteiger partial charge in [-0.25, -0.2) is 0 Å². The zero-order valence-corrected chi connectivity index (χ0v) is 11.1. The smallest absolute Gasteiger partial charge is 0.124 e. The van der Waals surface area contributed by atoms with E-state index in [2.05, 4.69) is 38.1 Å². The van der Waals surface area contributed by atoms with E-state index in [4.69, 9.17) is 4.74 Å². The molecule has 0 aliphatic heterocycles. The van der Waals surface area contributed by atoms with Gasteiger partial charge >= 0.3 is 0 Å². The van der Waals surface area contributed by atoms with Gasteiger partial charge in [-0.1, -0.05) is 55.8 Å². The zero-order valence-electron chi connectivity index (χ0n) is 11.1. The summed E-state index contributed by atoms with van der Waals surface area (Å²) in [5, 5.41) is 0. The van der Waals surface area contributed by atoms with Gasteiger partial charge in [0.1, 0.15) is 11.9 Å². The standard InChI is InChI=1S/C17H20O/c1-3-9-17(16-13-8-7-10-14(16)2)18-15-11-5-4-6-12-15/h4-8,10-13,17H,3,9H2,1-2H3. The summed E-state index contributed by atoms with van der Waals surface area (Å²) < 4.78 is 6.12. The minimum absolute atomic E-state index is 0.151. The third-order valence-electron chi connectivity index (χ3n) is 3.11. The Kier molecular flexibility index (Phi) is 4.40. The van der Waals surface area contributed by atoms with Crippen molar-refractivity contribution in [3.8, 4) is 5.75 Å². The summed E-state index contributed by atoms with van der Waals surface area (Å²) in [6.07, 6.45) is 2.31. The van der Waals surface area contributed by atoms with Crippen LogP contribution in [0.15, 0.2) is 54.6 Å². The molecule has 2 aromatic rings. The van der Waals surface area contributed by atoms with Crippen LogP contribution in [-0.2, 0) is 0 Å². The normalized spacial score (nSPS) is 12.1. The van der Waals surface area contributed by atoms with Crippen LogP contribution in [0.2, 0.25) is 0 Å². The molecule has 0 aliphatic carbocycles. The molecular formula is C17H20O. The molecule has 0 fully saturated rings. The maximum Gasteiger partial charge on any atom is 0.124 e. The van der Waals surface area contributed by atoms with Crippen LogP contribution >= 0.6 is 0 Å². The van der Waals surface area contributed by atoms with E-state index < -0.39 is 0 Å². The molecule has 2 aromatic carbocycles. The number of para-hydroxylation sites is 1. The number of ether oxygens (including phenoxy) is 1. The molecular weight excluding hydrogens is 220 g/mol. The SMILES string of the molecule is CCCC(Oc1ccccc1)c1ccccc1C. The summed E-state index contributed by atoms with van der Waals surface area (Å²) in [5.74, 6) is 0.944. The second kappa shape index (κ2) is 6.25. The molecule has 94 valence electrons. The second-order valence-corrected chi connectivity index (χ2v) is 4.56. The largest absolute Gasteiger partial charge is 0.486 e. The average Bonchev–Trinajstić information content (AvgIpc) is 2.40. The molecule has 0 heterocycles. The molecule has 1 atom stereocenters. The Hall–Kier alpha value is -1.76. The molecule has 0 aliphatic rings. The van der Waals surface area contributed by atoms with Crippen molar-refractivity contribution in [2.24, 2.45) is 0 Å². The minimum Gasteiger partial charge on any atom is -0.486 e. The van der Waals surface area contributed by atoms with Crippen LogP contribution < -0.4 is 4.74 Å². The number of hydrogen-bond acceptors (Lipinski definition) is 1. The van der Waals surface area contributed by atoms with E-state index in [1.54, 1.807) is 0 Å². The lowest BCUT2D eigenvalue weighted by molar-refractivity contribution is 0.193. The Morgan fingerprint density at radius 2 is 1.61 bits per heavy atom. The molecule has 0 saturated carbocycles. The van der Waals surface area contributed by atoms with Crippen molar-refractivity contribution < 1.29 is 4.74 Å². The highest BCUT2D eigenvalue weighted by Crippen LogP contribution is 2.27. The second-order valence-electron chi connectivity index (χ2n) is 4.56. The number of benzene rings is 2. The van der Waals surface area contributed by atoms with Crippen LogP contribution in [-0.4, -0.2) is 0 Å². The number of rotatable bonds is 5. The Bertz CT molecular complexity index is 476. The maximum atomic E-state index is 6.12. The molecule has 18 heavy (non-hydrogen) atoms. The van der Waals surface area contributed by atoms with Crippen molar-refractivity contribution >= 4 is 0 Å². The minimum atomic E-state index is 0.151. The molecule has 0 spiro atoms. The van der Waals surface area contributed by atoms with E-state index in [9.17, 15) is 0 Å². The Labute approximate surface area is 109 Å². The summed E-state index contributed by atoms with van der Waals surface area (Å²) >= 11 is 0. The lowest BCUT2D eigenvalue weighted by atomic mass is 10.00. The fourth-order valence-electron chi connectivity index (χ4n) is 2.15. The van der Waals surface area contributed by atoms with Crippen LogP contribution in [0.1, 0.15) is 37.0 Å². The topological polar surface area (TPSA) is 9.23 Å². The summed E-state index contributed by atoms with van der Waals surface area (Å²) in [4.78, 5) is 0. The molecule has 0 amide bonds. The van der Waals surface area contributed by atoms with Gasteiger partial charge < -0.3 is 4.74 Å². The van der Waals surface area contributed by atoms with Gasteiger partial charge in [0.15, 0.2) is 0 Å². The first-order valence-corrected chi connectivity index (χ1v) is 6.58. The van der Waals surface area contributed by atoms with Crippen LogP contribution in [0.25, 0.3) is 0 Å². The number of hydrogen-bond donors (Lipinski definition) is 0. The predicted octanol–water partition coefficient (Wildman–Crippen LogP) is 4.92. The number of aryl methyl sites for hydroxylation is 1. The molecule has 0 saturated heterocycles. The first-order valence-electron chi connectivity index (χ1n) is 6.58. The molecule has 2 rings (SSSR count). The Morgan fingerprint density at radius 1 is 0.944 bits per heavy atom. The van der Waals surface area contributed by atoms with Crippen molar-refractivity contribution in [1.29, 1.82) is 0 Å². The lowest BCUT2D eigenvalue weighted by Gasteiger charge is -2.20. The van der Waals surface area contributed by atoms with Gasteiger partial charge in [-0.2, -0.15) is 0 Å². The van der Waals surface area contributed by atoms with E-state index in [1.807, 2.05) is 30.3 Å². The van der Waals surface area contributed by atoms with Crippen LogP contribution in [0.3, 0.4) is 0 Å². The van der Waals surface area contributed by atoms with Gasteiger partial charge in [-0.3, -0.25) is 0 Å². The highest BCUT2D eigenvalue weighted by atomic mass is 16.5. The molecule has 0 bridgehead atoms. The first kappa shape index (κ1) is 12.7. The van der Waals surface area contributed by atoms with Crippen molar-refractivity contribution in [3.05, 3.63) is 65.7 Å². The summed E-state index contributed by atoms with van der Waals surface area (Å²) in [7, 11) is 0. The van der Waals surface area contributed by atoms with Crippen molar-refractivity contribution in [2.45, 2.75) is 32.8 Å². The molecule has 1 heteroatoms. The lowest BCUT2D eigenvalue weighted by Crippen LogP contribution is -2.08. The quantitative estimate of drug-likeness (QED) is 0.721. The monoisotopic (exact) mass is 240 g/mol. The Morgan fingerprint density at radius 3 is 2.28 bits per heavy atom. The van der Waals surface area contributed by atoms with E-state index in [1.165, 1.54) is 11.1 Å². The van der Waals surface area contributed by atoms with Crippen molar-refractivity contribution in [2.75, 3.05) is 0 Å². The van der Waals surface area contributed by atoms with Gasteiger partial charge in [0.05, 0.1) is 0 Å². The van der Waals surface area contributed by atoms with Crippen LogP contribution in [0, 0.1) is 6.92 Å².